The van der Waals surface area contributed by atoms with Crippen molar-refractivity contribution in [2.45, 2.75) is 17.4 Å². The molecular weight excluding hydrogens is 562 g/mol. The first-order chi connectivity index (χ1) is 20.2. The summed E-state index contributed by atoms with van der Waals surface area (Å²) in [5.74, 6) is 0.579. The monoisotopic (exact) mass is 589 g/mol. The summed E-state index contributed by atoms with van der Waals surface area (Å²) >= 11 is 0. The van der Waals surface area contributed by atoms with E-state index in [1.807, 2.05) is 35.1 Å². The molecule has 0 radical (unpaired) electrons. The molecule has 5 rings (SSSR count). The first-order valence-corrected chi connectivity index (χ1v) is 14.2. The standard InChI is InChI=1S/C29H27N5O7S/c1-34(21-12-13-24-25(15-21)41-18-40-24)27(35)23(14-19-8-4-3-5-9-19)32-28(36)33-42(37,38)26-11-7-6-10-22(26)20-16-30-29(39-2)31-17-20/h3-13,15-17,23H,14,18H2,1-2H3,(H2,32,33,36). The molecule has 42 heavy (non-hydrogen) atoms. The van der Waals surface area contributed by atoms with Crippen molar-refractivity contribution < 1.29 is 32.2 Å². The van der Waals surface area contributed by atoms with Crippen LogP contribution in [0.5, 0.6) is 17.5 Å². The second-order valence-corrected chi connectivity index (χ2v) is 10.9. The Morgan fingerprint density at radius 3 is 2.40 bits per heavy atom. The molecule has 1 atom stereocenters. The molecule has 1 unspecified atom stereocenters. The number of nitrogens with one attached hydrogen (secondary N) is 2. The smallest absolute Gasteiger partial charge is 0.329 e. The Bertz CT molecular complexity index is 1700. The molecular formula is C29H27N5O7S. The van der Waals surface area contributed by atoms with E-state index in [-0.39, 0.29) is 29.7 Å². The number of hydrogen-bond acceptors (Lipinski definition) is 9. The fourth-order valence-electron chi connectivity index (χ4n) is 4.37. The third kappa shape index (κ3) is 6.25. The van der Waals surface area contributed by atoms with Gasteiger partial charge in [0.25, 0.3) is 10.0 Å². The number of anilines is 1. The van der Waals surface area contributed by atoms with Crippen molar-refractivity contribution in [2.75, 3.05) is 25.9 Å². The third-order valence-electron chi connectivity index (χ3n) is 6.49. The van der Waals surface area contributed by atoms with E-state index in [0.29, 0.717) is 22.7 Å². The summed E-state index contributed by atoms with van der Waals surface area (Å²) in [6.45, 7) is 0.0812. The number of carbonyl (C=O) groups is 2. The van der Waals surface area contributed by atoms with Crippen LogP contribution in [0.4, 0.5) is 10.5 Å². The Kier molecular flexibility index (Phi) is 8.20. The predicted molar refractivity (Wildman–Crippen MR) is 153 cm³/mol. The van der Waals surface area contributed by atoms with Gasteiger partial charge in [0.15, 0.2) is 11.5 Å². The summed E-state index contributed by atoms with van der Waals surface area (Å²) in [6.07, 6.45) is 2.95. The molecule has 0 aliphatic carbocycles. The van der Waals surface area contributed by atoms with E-state index in [2.05, 4.69) is 15.3 Å². The summed E-state index contributed by atoms with van der Waals surface area (Å²) in [5, 5.41) is 2.55. The van der Waals surface area contributed by atoms with E-state index in [9.17, 15) is 18.0 Å². The van der Waals surface area contributed by atoms with Gasteiger partial charge in [-0.05, 0) is 23.8 Å². The van der Waals surface area contributed by atoms with Crippen LogP contribution in [0.15, 0.2) is 90.1 Å². The van der Waals surface area contributed by atoms with Crippen molar-refractivity contribution in [3.05, 3.63) is 90.8 Å². The first kappa shape index (κ1) is 28.4. The lowest BCUT2D eigenvalue weighted by Gasteiger charge is -2.25. The van der Waals surface area contributed by atoms with Gasteiger partial charge in [0.2, 0.25) is 12.7 Å². The maximum Gasteiger partial charge on any atom is 0.329 e. The Balaban J connectivity index is 1.37. The SMILES string of the molecule is COc1ncc(-c2ccccc2S(=O)(=O)NC(=O)NC(Cc2ccccc2)C(=O)N(C)c2ccc3c(c2)OCO3)cn1. The largest absolute Gasteiger partial charge is 0.467 e. The molecule has 0 saturated carbocycles. The van der Waals surface area contributed by atoms with Crippen molar-refractivity contribution in [1.82, 2.24) is 20.0 Å². The number of methoxy groups -OCH3 is 1. The van der Waals surface area contributed by atoms with Crippen molar-refractivity contribution in [2.24, 2.45) is 0 Å². The van der Waals surface area contributed by atoms with Gasteiger partial charge in [0, 0.05) is 48.7 Å². The second kappa shape index (κ2) is 12.1. The lowest BCUT2D eigenvalue weighted by atomic mass is 10.0. The van der Waals surface area contributed by atoms with Crippen LogP contribution in [-0.2, 0) is 21.2 Å². The molecule has 3 aromatic carbocycles. The number of nitrogens with zero attached hydrogens (tertiary/aromatic N) is 3. The number of sulfonamides is 1. The van der Waals surface area contributed by atoms with E-state index in [1.54, 1.807) is 37.4 Å². The normalized spacial score (nSPS) is 12.7. The molecule has 3 amide bonds. The lowest BCUT2D eigenvalue weighted by molar-refractivity contribution is -0.120. The maximum absolute atomic E-state index is 13.6. The highest BCUT2D eigenvalue weighted by atomic mass is 32.2. The van der Waals surface area contributed by atoms with Crippen LogP contribution in [0.2, 0.25) is 0 Å². The molecule has 216 valence electrons. The summed E-state index contributed by atoms with van der Waals surface area (Å²) in [5.41, 5.74) is 1.95. The summed E-state index contributed by atoms with van der Waals surface area (Å²) < 4.78 is 44.5. The average Bonchev–Trinajstić information content (AvgIpc) is 3.48. The third-order valence-corrected chi connectivity index (χ3v) is 7.87. The van der Waals surface area contributed by atoms with Gasteiger partial charge in [0.1, 0.15) is 6.04 Å². The Labute approximate surface area is 242 Å². The topological polar surface area (TPSA) is 149 Å². The van der Waals surface area contributed by atoms with Gasteiger partial charge in [-0.3, -0.25) is 4.79 Å². The Morgan fingerprint density at radius 2 is 1.67 bits per heavy atom. The number of likely N-dealkylation sites (N-methyl/N-ethyl adjacent to an activating group) is 1. The van der Waals surface area contributed by atoms with Gasteiger partial charge in [0.05, 0.1) is 12.0 Å². The first-order valence-electron chi connectivity index (χ1n) is 12.7. The molecule has 0 saturated heterocycles. The van der Waals surface area contributed by atoms with E-state index in [1.165, 1.54) is 36.5 Å². The number of benzene rings is 3. The zero-order chi connectivity index (χ0) is 29.7. The molecule has 4 aromatic rings. The minimum absolute atomic E-state index is 0.0812. The van der Waals surface area contributed by atoms with E-state index >= 15 is 0 Å². The molecule has 1 aromatic heterocycles. The Morgan fingerprint density at radius 1 is 0.976 bits per heavy atom. The van der Waals surface area contributed by atoms with Crippen LogP contribution >= 0.6 is 0 Å². The highest BCUT2D eigenvalue weighted by Gasteiger charge is 2.29. The molecule has 0 spiro atoms. The molecule has 1 aliphatic rings. The van der Waals surface area contributed by atoms with Crippen molar-refractivity contribution >= 4 is 27.6 Å². The van der Waals surface area contributed by atoms with Crippen LogP contribution in [0, 0.1) is 0 Å². The molecule has 2 N–H and O–H groups in total. The average molecular weight is 590 g/mol. The summed E-state index contributed by atoms with van der Waals surface area (Å²) in [4.78, 5) is 36.0. The van der Waals surface area contributed by atoms with Gasteiger partial charge in [-0.2, -0.15) is 0 Å². The van der Waals surface area contributed by atoms with Gasteiger partial charge in [-0.15, -0.1) is 0 Å². The lowest BCUT2D eigenvalue weighted by Crippen LogP contribution is -2.52. The second-order valence-electron chi connectivity index (χ2n) is 9.21. The van der Waals surface area contributed by atoms with Crippen molar-refractivity contribution in [1.29, 1.82) is 0 Å². The Hall–Kier alpha value is -5.17. The van der Waals surface area contributed by atoms with E-state index in [0.717, 1.165) is 5.56 Å². The molecule has 2 heterocycles. The van der Waals surface area contributed by atoms with Crippen LogP contribution in [0.25, 0.3) is 11.1 Å². The maximum atomic E-state index is 13.6. The fraction of sp³-hybridized carbons (Fsp3) is 0.172. The summed E-state index contributed by atoms with van der Waals surface area (Å²) in [6, 6.07) is 18.2. The van der Waals surface area contributed by atoms with Crippen molar-refractivity contribution in [3.63, 3.8) is 0 Å². The highest BCUT2D eigenvalue weighted by molar-refractivity contribution is 7.90. The zero-order valence-electron chi connectivity index (χ0n) is 22.7. The van der Waals surface area contributed by atoms with Crippen molar-refractivity contribution in [3.8, 4) is 28.6 Å². The predicted octanol–water partition coefficient (Wildman–Crippen LogP) is 3.14. The van der Waals surface area contributed by atoms with Gasteiger partial charge in [-0.25, -0.2) is 27.9 Å². The van der Waals surface area contributed by atoms with Crippen LogP contribution < -0.4 is 29.1 Å². The van der Waals surface area contributed by atoms with Gasteiger partial charge in [-0.1, -0.05) is 48.5 Å². The number of ether oxygens (including phenoxy) is 3. The number of amides is 3. The molecule has 13 heteroatoms. The van der Waals surface area contributed by atoms with Crippen LogP contribution in [-0.4, -0.2) is 57.3 Å². The van der Waals surface area contributed by atoms with Gasteiger partial charge >= 0.3 is 12.0 Å². The number of fused-ring (bicyclic) bond motifs is 1. The number of carbonyl (C=O) groups excluding carboxylic acids is 2. The number of rotatable bonds is 9. The summed E-state index contributed by atoms with van der Waals surface area (Å²) in [7, 11) is -1.41. The molecule has 12 nitrogen and oxygen atoms in total. The fourth-order valence-corrected chi connectivity index (χ4v) is 5.52. The molecule has 1 aliphatic heterocycles. The highest BCUT2D eigenvalue weighted by Crippen LogP contribution is 2.35. The van der Waals surface area contributed by atoms with E-state index in [4.69, 9.17) is 14.2 Å². The zero-order valence-corrected chi connectivity index (χ0v) is 23.5. The molecule has 0 fully saturated rings. The van der Waals surface area contributed by atoms with Gasteiger partial charge < -0.3 is 24.4 Å². The van der Waals surface area contributed by atoms with Crippen LogP contribution in [0.3, 0.4) is 0 Å². The number of urea groups is 1. The minimum Gasteiger partial charge on any atom is -0.467 e. The van der Waals surface area contributed by atoms with E-state index < -0.39 is 28.0 Å². The number of aromatic nitrogens is 2. The quantitative estimate of drug-likeness (QED) is 0.300. The molecule has 0 bridgehead atoms. The number of hydrogen-bond donors (Lipinski definition) is 2. The van der Waals surface area contributed by atoms with Crippen LogP contribution in [0.1, 0.15) is 5.56 Å². The minimum atomic E-state index is -4.38.